The number of hydrogen-bond acceptors (Lipinski definition) is 12. The maximum atomic E-state index is 13.0. The highest BCUT2D eigenvalue weighted by Crippen LogP contribution is 2.34. The highest BCUT2D eigenvalue weighted by molar-refractivity contribution is 6.18. The van der Waals surface area contributed by atoms with Gasteiger partial charge in [-0.1, -0.05) is 0 Å². The number of nitrogens with zero attached hydrogens (tertiary/aromatic N) is 2. The molecule has 0 spiro atoms. The third kappa shape index (κ3) is 8.20. The van der Waals surface area contributed by atoms with Crippen LogP contribution in [0.3, 0.4) is 0 Å². The van der Waals surface area contributed by atoms with E-state index in [0.717, 1.165) is 38.5 Å². The van der Waals surface area contributed by atoms with E-state index >= 15 is 0 Å². The molecular formula is C22H29Cl2N3O11. The van der Waals surface area contributed by atoms with Crippen LogP contribution in [0.1, 0.15) is 33.9 Å². The third-order valence-corrected chi connectivity index (χ3v) is 5.58. The average Bonchev–Trinajstić information content (AvgIpc) is 2.80. The number of alkyl halides is 2. The summed E-state index contributed by atoms with van der Waals surface area (Å²) < 4.78 is 28.0. The van der Waals surface area contributed by atoms with Crippen molar-refractivity contribution in [3.05, 3.63) is 27.0 Å². The molecular weight excluding hydrogens is 553 g/mol. The smallest absolute Gasteiger partial charge is 0.330 e. The predicted molar refractivity (Wildman–Crippen MR) is 132 cm³/mol. The summed E-state index contributed by atoms with van der Waals surface area (Å²) in [6.45, 7) is 4.28. The second-order valence-corrected chi connectivity index (χ2v) is 8.89. The number of esters is 4. The van der Waals surface area contributed by atoms with Crippen LogP contribution in [-0.4, -0.2) is 89.3 Å². The number of H-pyrrole nitrogens is 1. The minimum Gasteiger partial charge on any atom is -0.463 e. The molecule has 1 aromatic rings. The quantitative estimate of drug-likeness (QED) is 0.212. The molecule has 0 aliphatic carbocycles. The summed E-state index contributed by atoms with van der Waals surface area (Å²) in [5, 5.41) is 0. The van der Waals surface area contributed by atoms with Crippen molar-refractivity contribution in [1.82, 2.24) is 9.55 Å². The topological polar surface area (TPSA) is 173 Å². The second kappa shape index (κ2) is 14.2. The van der Waals surface area contributed by atoms with E-state index in [9.17, 15) is 28.8 Å². The number of halogens is 2. The van der Waals surface area contributed by atoms with Crippen LogP contribution in [0.15, 0.2) is 15.8 Å². The van der Waals surface area contributed by atoms with Gasteiger partial charge in [-0.15, -0.1) is 23.2 Å². The minimum absolute atomic E-state index is 0.00115. The van der Waals surface area contributed by atoms with E-state index in [0.29, 0.717) is 0 Å². The summed E-state index contributed by atoms with van der Waals surface area (Å²) in [7, 11) is 0. The molecule has 0 saturated carbocycles. The monoisotopic (exact) mass is 581 g/mol. The lowest BCUT2D eigenvalue weighted by Crippen LogP contribution is -2.61. The van der Waals surface area contributed by atoms with E-state index in [1.54, 1.807) is 0 Å². The first-order valence-corrected chi connectivity index (χ1v) is 12.5. The van der Waals surface area contributed by atoms with E-state index in [2.05, 4.69) is 4.98 Å². The molecule has 1 aliphatic heterocycles. The SMILES string of the molecule is CC(=O)OC[C@@H]1O[C@@H](n2cc(N(CCCl)CCCl)c(=O)[nH]c2=O)[C@@H](OC(C)=O)[C@@H](OC(C)=O)[C@H]1OC(C)=O. The number of nitrogens with one attached hydrogen (secondary N) is 1. The molecule has 212 valence electrons. The molecule has 1 saturated heterocycles. The van der Waals surface area contributed by atoms with E-state index in [4.69, 9.17) is 46.9 Å². The minimum atomic E-state index is -1.54. The maximum Gasteiger partial charge on any atom is 0.330 e. The lowest BCUT2D eigenvalue weighted by molar-refractivity contribution is -0.269. The Bertz CT molecular complexity index is 1130. The van der Waals surface area contributed by atoms with Crippen molar-refractivity contribution in [3.8, 4) is 0 Å². The van der Waals surface area contributed by atoms with Gasteiger partial charge in [0, 0.05) is 58.7 Å². The molecule has 0 radical (unpaired) electrons. The first-order chi connectivity index (χ1) is 17.9. The predicted octanol–water partition coefficient (Wildman–Crippen LogP) is 0.0762. The Kier molecular flexibility index (Phi) is 11.6. The molecule has 2 heterocycles. The van der Waals surface area contributed by atoms with E-state index in [1.165, 1.54) is 4.90 Å². The molecule has 0 bridgehead atoms. The third-order valence-electron chi connectivity index (χ3n) is 5.24. The second-order valence-electron chi connectivity index (χ2n) is 8.14. The van der Waals surface area contributed by atoms with Crippen molar-refractivity contribution in [1.29, 1.82) is 0 Å². The van der Waals surface area contributed by atoms with Gasteiger partial charge in [-0.05, 0) is 0 Å². The summed E-state index contributed by atoms with van der Waals surface area (Å²) in [5.41, 5.74) is -1.71. The van der Waals surface area contributed by atoms with Crippen molar-refractivity contribution >= 4 is 52.8 Å². The van der Waals surface area contributed by atoms with Gasteiger partial charge in [-0.2, -0.15) is 0 Å². The van der Waals surface area contributed by atoms with Gasteiger partial charge in [-0.25, -0.2) is 4.79 Å². The number of ether oxygens (including phenoxy) is 5. The number of anilines is 1. The molecule has 38 heavy (non-hydrogen) atoms. The van der Waals surface area contributed by atoms with Crippen LogP contribution in [0.4, 0.5) is 5.69 Å². The van der Waals surface area contributed by atoms with Crippen molar-refractivity contribution < 1.29 is 42.9 Å². The van der Waals surface area contributed by atoms with Crippen LogP contribution in [0, 0.1) is 0 Å². The van der Waals surface area contributed by atoms with Gasteiger partial charge < -0.3 is 28.6 Å². The number of carbonyl (C=O) groups is 4. The Balaban J connectivity index is 2.73. The molecule has 1 N–H and O–H groups in total. The van der Waals surface area contributed by atoms with Crippen molar-refractivity contribution in [2.24, 2.45) is 0 Å². The van der Waals surface area contributed by atoms with E-state index in [1.807, 2.05) is 0 Å². The fourth-order valence-electron chi connectivity index (χ4n) is 3.88. The number of aromatic amines is 1. The molecule has 14 nitrogen and oxygen atoms in total. The molecule has 0 aromatic carbocycles. The molecule has 1 fully saturated rings. The van der Waals surface area contributed by atoms with Gasteiger partial charge in [0.25, 0.3) is 5.56 Å². The van der Waals surface area contributed by atoms with Crippen LogP contribution in [0.2, 0.25) is 0 Å². The fourth-order valence-corrected chi connectivity index (χ4v) is 4.28. The van der Waals surface area contributed by atoms with Gasteiger partial charge in [0.1, 0.15) is 18.4 Å². The zero-order valence-electron chi connectivity index (χ0n) is 21.1. The summed E-state index contributed by atoms with van der Waals surface area (Å²) in [5.74, 6) is -2.90. The standard InChI is InChI=1S/C22H29Cl2N3O11/c1-11(28)34-10-16-17(35-12(2)29)18(36-13(3)30)19(37-14(4)31)21(38-16)27-9-15(20(32)25-22(27)33)26(7-5-23)8-6-24/h9,16-19,21H,5-8,10H2,1-4H3,(H,25,32,33)/t16-,17-,18-,19-,21+/m0/s1. The highest BCUT2D eigenvalue weighted by atomic mass is 35.5. The van der Waals surface area contributed by atoms with Crippen LogP contribution in [0.5, 0.6) is 0 Å². The van der Waals surface area contributed by atoms with Gasteiger partial charge in [0.2, 0.25) is 0 Å². The molecule has 0 unspecified atom stereocenters. The first-order valence-electron chi connectivity index (χ1n) is 11.4. The maximum absolute atomic E-state index is 13.0. The van der Waals surface area contributed by atoms with Crippen LogP contribution >= 0.6 is 23.2 Å². The number of aromatic nitrogens is 2. The van der Waals surface area contributed by atoms with E-state index in [-0.39, 0.29) is 30.5 Å². The normalized spacial score (nSPS) is 22.7. The zero-order chi connectivity index (χ0) is 28.6. The van der Waals surface area contributed by atoms with Crippen molar-refractivity contribution in [2.75, 3.05) is 36.4 Å². The molecule has 16 heteroatoms. The Hall–Kier alpha value is -3.10. The van der Waals surface area contributed by atoms with E-state index < -0.39 is 72.4 Å². The fraction of sp³-hybridized carbons (Fsp3) is 0.636. The molecule has 1 aliphatic rings. The average molecular weight is 582 g/mol. The lowest BCUT2D eigenvalue weighted by atomic mass is 9.97. The summed E-state index contributed by atoms with van der Waals surface area (Å²) in [6.07, 6.45) is -6.11. The summed E-state index contributed by atoms with van der Waals surface area (Å²) >= 11 is 11.7. The van der Waals surface area contributed by atoms with Gasteiger partial charge in [0.15, 0.2) is 24.5 Å². The lowest BCUT2D eigenvalue weighted by Gasteiger charge is -2.44. The number of carbonyl (C=O) groups excluding carboxylic acids is 4. The summed E-state index contributed by atoms with van der Waals surface area (Å²) in [4.78, 5) is 76.8. The zero-order valence-corrected chi connectivity index (χ0v) is 22.7. The molecule has 0 amide bonds. The Morgan fingerprint density at radius 2 is 1.42 bits per heavy atom. The summed E-state index contributed by atoms with van der Waals surface area (Å²) in [6, 6.07) is 0. The first kappa shape index (κ1) is 31.1. The van der Waals surface area contributed by atoms with Gasteiger partial charge in [-0.3, -0.25) is 33.5 Å². The Morgan fingerprint density at radius 1 is 0.895 bits per heavy atom. The van der Waals surface area contributed by atoms with Crippen LogP contribution in [0.25, 0.3) is 0 Å². The number of rotatable bonds is 11. The van der Waals surface area contributed by atoms with Crippen LogP contribution < -0.4 is 16.1 Å². The Labute approximate surface area is 227 Å². The van der Waals surface area contributed by atoms with Gasteiger partial charge >= 0.3 is 29.6 Å². The van der Waals surface area contributed by atoms with Crippen molar-refractivity contribution in [2.45, 2.75) is 58.3 Å². The highest BCUT2D eigenvalue weighted by Gasteiger charge is 2.53. The van der Waals surface area contributed by atoms with Crippen LogP contribution in [-0.2, 0) is 42.9 Å². The molecule has 1 aromatic heterocycles. The largest absolute Gasteiger partial charge is 0.463 e. The van der Waals surface area contributed by atoms with Crippen molar-refractivity contribution in [3.63, 3.8) is 0 Å². The number of hydrogen-bond donors (Lipinski definition) is 1. The molecule has 2 rings (SSSR count). The molecule has 5 atom stereocenters. The Morgan fingerprint density at radius 3 is 1.92 bits per heavy atom. The van der Waals surface area contributed by atoms with Gasteiger partial charge in [0.05, 0.1) is 0 Å².